The van der Waals surface area contributed by atoms with E-state index < -0.39 is 5.97 Å². The van der Waals surface area contributed by atoms with E-state index in [1.165, 1.54) is 7.11 Å². The second-order valence-electron chi connectivity index (χ2n) is 8.56. The molecule has 2 aromatic heterocycles. The Bertz CT molecular complexity index is 1400. The van der Waals surface area contributed by atoms with Crippen LogP contribution in [0.15, 0.2) is 60.8 Å². The predicted octanol–water partition coefficient (Wildman–Crippen LogP) is 4.86. The van der Waals surface area contributed by atoms with Crippen LogP contribution in [0.5, 0.6) is 5.75 Å². The fourth-order valence-electron chi connectivity index (χ4n) is 4.23. The Morgan fingerprint density at radius 2 is 1.81 bits per heavy atom. The number of nitrogens with zero attached hydrogens (tertiary/aromatic N) is 2. The van der Waals surface area contributed by atoms with Gasteiger partial charge in [0.15, 0.2) is 5.69 Å². The summed E-state index contributed by atoms with van der Waals surface area (Å²) in [6.07, 6.45) is 2.58. The number of benzene rings is 2. The lowest BCUT2D eigenvalue weighted by atomic mass is 10.1. The van der Waals surface area contributed by atoms with Gasteiger partial charge in [-0.15, -0.1) is 0 Å². The zero-order valence-electron chi connectivity index (χ0n) is 20.9. The van der Waals surface area contributed by atoms with Crippen molar-refractivity contribution in [2.24, 2.45) is 7.05 Å². The largest absolute Gasteiger partial charge is 0.496 e. The number of amides is 1. The van der Waals surface area contributed by atoms with Crippen LogP contribution in [0.2, 0.25) is 0 Å². The first-order chi connectivity index (χ1) is 17.4. The highest BCUT2D eigenvalue weighted by atomic mass is 16.5. The third-order valence-electron chi connectivity index (χ3n) is 6.11. The average molecular weight is 487 g/mol. The second-order valence-corrected chi connectivity index (χ2v) is 8.56. The zero-order chi connectivity index (χ0) is 25.7. The maximum Gasteiger partial charge on any atom is 0.356 e. The highest BCUT2D eigenvalue weighted by Crippen LogP contribution is 2.32. The van der Waals surface area contributed by atoms with Gasteiger partial charge in [0.2, 0.25) is 5.91 Å². The molecule has 2 N–H and O–H groups in total. The number of ether oxygens (including phenoxy) is 2. The molecule has 0 unspecified atom stereocenters. The molecule has 1 amide bonds. The molecule has 0 saturated carbocycles. The summed E-state index contributed by atoms with van der Waals surface area (Å²) in [6.45, 7) is 2.58. The number of anilines is 2. The second kappa shape index (κ2) is 10.9. The van der Waals surface area contributed by atoms with Gasteiger partial charge in [0.25, 0.3) is 0 Å². The molecule has 8 heteroatoms. The molecule has 186 valence electrons. The van der Waals surface area contributed by atoms with Crippen LogP contribution in [0, 0.1) is 6.92 Å². The lowest BCUT2D eigenvalue weighted by molar-refractivity contribution is -0.116. The van der Waals surface area contributed by atoms with E-state index in [-0.39, 0.29) is 18.0 Å². The first kappa shape index (κ1) is 24.8. The molecule has 0 spiro atoms. The van der Waals surface area contributed by atoms with Crippen molar-refractivity contribution < 1.29 is 19.1 Å². The van der Waals surface area contributed by atoms with E-state index >= 15 is 0 Å². The fourth-order valence-corrected chi connectivity index (χ4v) is 4.23. The number of methoxy groups -OCH3 is 2. The Labute approximate surface area is 210 Å². The van der Waals surface area contributed by atoms with Gasteiger partial charge in [0, 0.05) is 25.4 Å². The molecule has 0 aliphatic carbocycles. The summed E-state index contributed by atoms with van der Waals surface area (Å²) in [5.41, 5.74) is 5.19. The summed E-state index contributed by atoms with van der Waals surface area (Å²) >= 11 is 0. The van der Waals surface area contributed by atoms with Gasteiger partial charge >= 0.3 is 5.97 Å². The minimum absolute atomic E-state index is 0.191. The summed E-state index contributed by atoms with van der Waals surface area (Å²) < 4.78 is 12.0. The van der Waals surface area contributed by atoms with E-state index in [0.717, 1.165) is 28.1 Å². The molecule has 0 saturated heterocycles. The normalized spacial score (nSPS) is 10.8. The molecule has 0 bridgehead atoms. The maximum atomic E-state index is 12.9. The third kappa shape index (κ3) is 5.33. The van der Waals surface area contributed by atoms with E-state index in [9.17, 15) is 9.59 Å². The fraction of sp³-hybridized carbons (Fsp3) is 0.250. The van der Waals surface area contributed by atoms with Crippen molar-refractivity contribution in [1.29, 1.82) is 0 Å². The Balaban J connectivity index is 1.59. The number of esters is 1. The van der Waals surface area contributed by atoms with Crippen molar-refractivity contribution in [2.45, 2.75) is 26.3 Å². The van der Waals surface area contributed by atoms with Crippen LogP contribution in [-0.4, -0.2) is 35.6 Å². The highest BCUT2D eigenvalue weighted by Gasteiger charge is 2.24. The smallest absolute Gasteiger partial charge is 0.356 e. The summed E-state index contributed by atoms with van der Waals surface area (Å²) in [4.78, 5) is 30.0. The van der Waals surface area contributed by atoms with E-state index in [4.69, 9.17) is 9.47 Å². The van der Waals surface area contributed by atoms with Gasteiger partial charge in [-0.05, 0) is 42.2 Å². The van der Waals surface area contributed by atoms with Crippen LogP contribution < -0.4 is 15.4 Å². The van der Waals surface area contributed by atoms with E-state index in [1.54, 1.807) is 24.9 Å². The van der Waals surface area contributed by atoms with Gasteiger partial charge in [-0.1, -0.05) is 42.5 Å². The lowest BCUT2D eigenvalue weighted by Gasteiger charge is -2.10. The van der Waals surface area contributed by atoms with Gasteiger partial charge in [-0.3, -0.25) is 4.79 Å². The van der Waals surface area contributed by atoms with Crippen LogP contribution in [0.3, 0.4) is 0 Å². The quantitative estimate of drug-likeness (QED) is 0.328. The molecular weight excluding hydrogens is 456 g/mol. The molecule has 0 aliphatic heterocycles. The summed E-state index contributed by atoms with van der Waals surface area (Å²) in [5, 5.41) is 6.97. The number of aryl methyl sites for hydroxylation is 3. The number of pyridine rings is 1. The molecule has 0 aliphatic rings. The Morgan fingerprint density at radius 3 is 2.50 bits per heavy atom. The summed E-state index contributed by atoms with van der Waals surface area (Å²) in [5.74, 6) is 0.106. The zero-order valence-corrected chi connectivity index (χ0v) is 20.9. The Morgan fingerprint density at radius 1 is 1.03 bits per heavy atom. The van der Waals surface area contributed by atoms with Crippen LogP contribution in [0.4, 0.5) is 11.4 Å². The Kier molecular flexibility index (Phi) is 7.53. The van der Waals surface area contributed by atoms with Gasteiger partial charge in [0.05, 0.1) is 31.8 Å². The van der Waals surface area contributed by atoms with Crippen LogP contribution in [-0.2, 0) is 29.5 Å². The minimum Gasteiger partial charge on any atom is -0.496 e. The van der Waals surface area contributed by atoms with Gasteiger partial charge < -0.3 is 24.7 Å². The molecule has 0 atom stereocenters. The van der Waals surface area contributed by atoms with Crippen molar-refractivity contribution in [2.75, 3.05) is 24.9 Å². The summed E-state index contributed by atoms with van der Waals surface area (Å²) in [6, 6.07) is 17.7. The Hall–Kier alpha value is -4.33. The van der Waals surface area contributed by atoms with Crippen molar-refractivity contribution >= 4 is 34.3 Å². The van der Waals surface area contributed by atoms with E-state index in [1.807, 2.05) is 55.5 Å². The molecule has 8 nitrogen and oxygen atoms in total. The molecule has 0 radical (unpaired) electrons. The molecular formula is C28H30N4O4. The highest BCUT2D eigenvalue weighted by molar-refractivity contribution is 6.11. The molecule has 36 heavy (non-hydrogen) atoms. The standard InChI is InChI=1S/C28H30N4O4/c1-18-14-20(10-12-23(18)35-3)16-29-21-15-22-25(26(28(34)36-4)32(2)27(22)30-17-21)31-24(33)13-11-19-8-6-5-7-9-19/h5-10,12,14-15,17,29H,11,13,16H2,1-4H3,(H,31,33). The number of hydrogen-bond acceptors (Lipinski definition) is 6. The molecule has 4 rings (SSSR count). The molecule has 4 aromatic rings. The monoisotopic (exact) mass is 486 g/mol. The van der Waals surface area contributed by atoms with Gasteiger partial charge in [-0.25, -0.2) is 9.78 Å². The number of carbonyl (C=O) groups excluding carboxylic acids is 2. The average Bonchev–Trinajstić information content (AvgIpc) is 3.17. The molecule has 2 aromatic carbocycles. The molecule has 2 heterocycles. The van der Waals surface area contributed by atoms with Gasteiger partial charge in [0.1, 0.15) is 11.4 Å². The number of hydrogen-bond donors (Lipinski definition) is 2. The number of carbonyl (C=O) groups is 2. The van der Waals surface area contributed by atoms with Crippen LogP contribution in [0.1, 0.15) is 33.6 Å². The maximum absolute atomic E-state index is 12.9. The van der Waals surface area contributed by atoms with E-state index in [2.05, 4.69) is 21.7 Å². The topological polar surface area (TPSA) is 94.5 Å². The van der Waals surface area contributed by atoms with Crippen molar-refractivity contribution in [3.05, 3.63) is 83.2 Å². The SMILES string of the molecule is COC(=O)c1c(NC(=O)CCc2ccccc2)c2cc(NCc3ccc(OC)c(C)c3)cnc2n1C. The van der Waals surface area contributed by atoms with E-state index in [0.29, 0.717) is 29.7 Å². The van der Waals surface area contributed by atoms with Crippen LogP contribution >= 0.6 is 0 Å². The van der Waals surface area contributed by atoms with Crippen LogP contribution in [0.25, 0.3) is 11.0 Å². The number of fused-ring (bicyclic) bond motifs is 1. The molecule has 0 fully saturated rings. The third-order valence-corrected chi connectivity index (χ3v) is 6.11. The predicted molar refractivity (Wildman–Crippen MR) is 141 cm³/mol. The lowest BCUT2D eigenvalue weighted by Crippen LogP contribution is -2.16. The number of rotatable bonds is 9. The van der Waals surface area contributed by atoms with Crippen molar-refractivity contribution in [3.8, 4) is 5.75 Å². The first-order valence-electron chi connectivity index (χ1n) is 11.7. The summed E-state index contributed by atoms with van der Waals surface area (Å²) in [7, 11) is 4.70. The minimum atomic E-state index is -0.544. The number of aromatic nitrogens is 2. The first-order valence-corrected chi connectivity index (χ1v) is 11.7. The van der Waals surface area contributed by atoms with Gasteiger partial charge in [-0.2, -0.15) is 0 Å². The van der Waals surface area contributed by atoms with Crippen molar-refractivity contribution in [3.63, 3.8) is 0 Å². The van der Waals surface area contributed by atoms with Crippen molar-refractivity contribution in [1.82, 2.24) is 9.55 Å². The number of nitrogens with one attached hydrogen (secondary N) is 2.